The first-order valence-corrected chi connectivity index (χ1v) is 11.2. The molecule has 2 heterocycles. The molecule has 1 unspecified atom stereocenters. The first-order valence-electron chi connectivity index (χ1n) is 11.2. The number of hydrogen-bond donors (Lipinski definition) is 0. The number of benzene rings is 2. The standard InChI is InChI=1S/C25H29N3O3/c1-30-20-10-12-21(13-11-20)31-15-14-27-23-9-5-4-8-22(23)26-25(27)18-16-24(29)28(17-18)19-6-2-3-7-19/h4-5,8-13,18-19H,2-3,6-7,14-17H2,1H3. The number of hydrogen-bond acceptors (Lipinski definition) is 4. The van der Waals surface area contributed by atoms with Gasteiger partial charge in [-0.15, -0.1) is 0 Å². The number of rotatable bonds is 7. The van der Waals surface area contributed by atoms with Gasteiger partial charge in [0.2, 0.25) is 5.91 Å². The zero-order chi connectivity index (χ0) is 21.2. The van der Waals surface area contributed by atoms with E-state index < -0.39 is 0 Å². The van der Waals surface area contributed by atoms with E-state index >= 15 is 0 Å². The third-order valence-corrected chi connectivity index (χ3v) is 6.62. The van der Waals surface area contributed by atoms with Crippen molar-refractivity contribution in [2.24, 2.45) is 0 Å². The van der Waals surface area contributed by atoms with Crippen LogP contribution in [0.25, 0.3) is 11.0 Å². The molecule has 2 aliphatic rings. The van der Waals surface area contributed by atoms with Crippen molar-refractivity contribution in [2.45, 2.75) is 50.6 Å². The summed E-state index contributed by atoms with van der Waals surface area (Å²) in [5.41, 5.74) is 2.08. The lowest BCUT2D eigenvalue weighted by Gasteiger charge is -2.24. The van der Waals surface area contributed by atoms with Gasteiger partial charge in [0.25, 0.3) is 0 Å². The molecule has 3 aromatic rings. The van der Waals surface area contributed by atoms with Gasteiger partial charge in [0.1, 0.15) is 23.9 Å². The minimum atomic E-state index is 0.140. The topological polar surface area (TPSA) is 56.6 Å². The van der Waals surface area contributed by atoms with Crippen molar-refractivity contribution >= 4 is 16.9 Å². The van der Waals surface area contributed by atoms with Crippen molar-refractivity contribution in [3.63, 3.8) is 0 Å². The van der Waals surface area contributed by atoms with E-state index in [9.17, 15) is 4.79 Å². The molecule has 6 nitrogen and oxygen atoms in total. The summed E-state index contributed by atoms with van der Waals surface area (Å²) in [7, 11) is 1.66. The molecular weight excluding hydrogens is 390 g/mol. The van der Waals surface area contributed by atoms with Gasteiger partial charge in [-0.25, -0.2) is 4.98 Å². The highest BCUT2D eigenvalue weighted by Crippen LogP contribution is 2.35. The number of para-hydroxylation sites is 2. The van der Waals surface area contributed by atoms with Crippen LogP contribution in [0.5, 0.6) is 11.5 Å². The summed E-state index contributed by atoms with van der Waals surface area (Å²) in [6.07, 6.45) is 5.31. The zero-order valence-corrected chi connectivity index (χ0v) is 18.0. The third kappa shape index (κ3) is 3.99. The van der Waals surface area contributed by atoms with Crippen molar-refractivity contribution in [3.05, 3.63) is 54.4 Å². The molecule has 5 rings (SSSR count). The Morgan fingerprint density at radius 3 is 2.55 bits per heavy atom. The van der Waals surface area contributed by atoms with Gasteiger partial charge in [0.05, 0.1) is 24.7 Å². The average molecular weight is 420 g/mol. The third-order valence-electron chi connectivity index (χ3n) is 6.62. The summed E-state index contributed by atoms with van der Waals surface area (Å²) in [5.74, 6) is 3.06. The highest BCUT2D eigenvalue weighted by atomic mass is 16.5. The van der Waals surface area contributed by atoms with Gasteiger partial charge in [-0.3, -0.25) is 4.79 Å². The van der Waals surface area contributed by atoms with Crippen LogP contribution >= 0.6 is 0 Å². The van der Waals surface area contributed by atoms with Gasteiger partial charge in [-0.2, -0.15) is 0 Å². The fraction of sp³-hybridized carbons (Fsp3) is 0.440. The maximum atomic E-state index is 12.8. The molecule has 0 N–H and O–H groups in total. The predicted molar refractivity (Wildman–Crippen MR) is 120 cm³/mol. The van der Waals surface area contributed by atoms with Crippen molar-refractivity contribution in [3.8, 4) is 11.5 Å². The molecule has 1 saturated heterocycles. The lowest BCUT2D eigenvalue weighted by Crippen LogP contribution is -2.34. The van der Waals surface area contributed by atoms with E-state index in [2.05, 4.69) is 15.5 Å². The molecule has 0 radical (unpaired) electrons. The van der Waals surface area contributed by atoms with Crippen LogP contribution in [0, 0.1) is 0 Å². The highest BCUT2D eigenvalue weighted by molar-refractivity contribution is 5.81. The van der Waals surface area contributed by atoms with Crippen LogP contribution in [0.2, 0.25) is 0 Å². The second-order valence-electron chi connectivity index (χ2n) is 8.52. The molecule has 1 aromatic heterocycles. The molecule has 2 fully saturated rings. The monoisotopic (exact) mass is 419 g/mol. The van der Waals surface area contributed by atoms with Gasteiger partial charge in [0, 0.05) is 24.9 Å². The Morgan fingerprint density at radius 1 is 1.03 bits per heavy atom. The van der Waals surface area contributed by atoms with Crippen molar-refractivity contribution in [1.29, 1.82) is 0 Å². The van der Waals surface area contributed by atoms with E-state index in [-0.39, 0.29) is 11.8 Å². The minimum Gasteiger partial charge on any atom is -0.497 e. The Balaban J connectivity index is 1.35. The summed E-state index contributed by atoms with van der Waals surface area (Å²) in [6, 6.07) is 16.3. The number of carbonyl (C=O) groups is 1. The number of methoxy groups -OCH3 is 1. The number of nitrogens with zero attached hydrogens (tertiary/aromatic N) is 3. The summed E-state index contributed by atoms with van der Waals surface area (Å²) in [4.78, 5) is 19.8. The number of fused-ring (bicyclic) bond motifs is 1. The predicted octanol–water partition coefficient (Wildman–Crippen LogP) is 4.38. The Bertz CT molecular complexity index is 1050. The number of ether oxygens (including phenoxy) is 2. The molecule has 1 saturated carbocycles. The number of amides is 1. The largest absolute Gasteiger partial charge is 0.497 e. The van der Waals surface area contributed by atoms with Crippen molar-refractivity contribution < 1.29 is 14.3 Å². The van der Waals surface area contributed by atoms with Crippen LogP contribution in [0.3, 0.4) is 0 Å². The smallest absolute Gasteiger partial charge is 0.223 e. The van der Waals surface area contributed by atoms with Gasteiger partial charge in [0.15, 0.2) is 0 Å². The molecule has 0 spiro atoms. The summed E-state index contributed by atoms with van der Waals surface area (Å²) >= 11 is 0. The van der Waals surface area contributed by atoms with Crippen LogP contribution < -0.4 is 9.47 Å². The maximum Gasteiger partial charge on any atom is 0.223 e. The fourth-order valence-corrected chi connectivity index (χ4v) is 5.04. The quantitative estimate of drug-likeness (QED) is 0.570. The first kappa shape index (κ1) is 19.9. The van der Waals surface area contributed by atoms with Crippen LogP contribution in [0.1, 0.15) is 43.8 Å². The molecule has 0 bridgehead atoms. The molecule has 31 heavy (non-hydrogen) atoms. The fourth-order valence-electron chi connectivity index (χ4n) is 5.04. The SMILES string of the molecule is COc1ccc(OCCn2c(C3CC(=O)N(C4CCCC4)C3)nc3ccccc32)cc1. The number of imidazole rings is 1. The molecule has 162 valence electrons. The van der Waals surface area contributed by atoms with Gasteiger partial charge in [-0.05, 0) is 49.2 Å². The first-order chi connectivity index (χ1) is 15.2. The molecule has 6 heteroatoms. The normalized spacial score (nSPS) is 19.5. The van der Waals surface area contributed by atoms with E-state index in [4.69, 9.17) is 14.5 Å². The van der Waals surface area contributed by atoms with Crippen LogP contribution in [-0.2, 0) is 11.3 Å². The summed E-state index contributed by atoms with van der Waals surface area (Å²) in [6.45, 7) is 2.01. The van der Waals surface area contributed by atoms with Crippen LogP contribution in [0.15, 0.2) is 48.5 Å². The molecular formula is C25H29N3O3. The Morgan fingerprint density at radius 2 is 1.77 bits per heavy atom. The molecule has 1 amide bonds. The number of likely N-dealkylation sites (tertiary alicyclic amines) is 1. The van der Waals surface area contributed by atoms with E-state index in [0.29, 0.717) is 25.6 Å². The van der Waals surface area contributed by atoms with E-state index in [1.165, 1.54) is 12.8 Å². The average Bonchev–Trinajstić information content (AvgIpc) is 3.53. The van der Waals surface area contributed by atoms with Crippen LogP contribution in [-0.4, -0.2) is 46.7 Å². The Kier molecular flexibility index (Phi) is 5.53. The summed E-state index contributed by atoms with van der Waals surface area (Å²) < 4.78 is 13.4. The minimum absolute atomic E-state index is 0.140. The maximum absolute atomic E-state index is 12.8. The Labute approximate surface area is 182 Å². The lowest BCUT2D eigenvalue weighted by atomic mass is 10.1. The second kappa shape index (κ2) is 8.61. The lowest BCUT2D eigenvalue weighted by molar-refractivity contribution is -0.129. The van der Waals surface area contributed by atoms with Gasteiger partial charge in [-0.1, -0.05) is 25.0 Å². The van der Waals surface area contributed by atoms with E-state index in [0.717, 1.165) is 47.7 Å². The van der Waals surface area contributed by atoms with Crippen molar-refractivity contribution in [2.75, 3.05) is 20.3 Å². The number of carbonyl (C=O) groups excluding carboxylic acids is 1. The van der Waals surface area contributed by atoms with E-state index in [1.54, 1.807) is 7.11 Å². The van der Waals surface area contributed by atoms with Gasteiger partial charge >= 0.3 is 0 Å². The van der Waals surface area contributed by atoms with E-state index in [1.807, 2.05) is 42.5 Å². The molecule has 1 aliphatic heterocycles. The van der Waals surface area contributed by atoms with Gasteiger partial charge < -0.3 is 18.9 Å². The second-order valence-corrected chi connectivity index (χ2v) is 8.52. The highest BCUT2D eigenvalue weighted by Gasteiger charge is 2.38. The molecule has 1 atom stereocenters. The summed E-state index contributed by atoms with van der Waals surface area (Å²) in [5, 5.41) is 0. The van der Waals surface area contributed by atoms with Crippen LogP contribution in [0.4, 0.5) is 0 Å². The molecule has 2 aromatic carbocycles. The molecule has 1 aliphatic carbocycles. The van der Waals surface area contributed by atoms with Crippen molar-refractivity contribution in [1.82, 2.24) is 14.5 Å². The number of aromatic nitrogens is 2. The Hall–Kier alpha value is -3.02. The zero-order valence-electron chi connectivity index (χ0n) is 18.0.